The number of carboxylic acids is 1. The minimum atomic E-state index is -1.15. The highest BCUT2D eigenvalue weighted by atomic mass is 32.3. The number of carbonyl (C=O) groups is 1. The largest absolute Gasteiger partial charge is 0.481 e. The maximum atomic E-state index is 13.5. The predicted molar refractivity (Wildman–Crippen MR) is 93.5 cm³/mol. The van der Waals surface area contributed by atoms with E-state index in [2.05, 4.69) is 23.9 Å². The number of hydrogen-bond acceptors (Lipinski definition) is 4. The second-order valence-corrected chi connectivity index (χ2v) is 10.9. The van der Waals surface area contributed by atoms with Gasteiger partial charge in [0.15, 0.2) is 0 Å². The van der Waals surface area contributed by atoms with Gasteiger partial charge in [0.2, 0.25) is 5.43 Å². The van der Waals surface area contributed by atoms with Crippen LogP contribution in [0.5, 0.6) is 0 Å². The van der Waals surface area contributed by atoms with Gasteiger partial charge in [-0.25, -0.2) is 19.1 Å². The maximum Gasteiger partial charge on any atom is 0.309 e. The molecule has 0 bridgehead atoms. The van der Waals surface area contributed by atoms with Crippen LogP contribution in [0.3, 0.4) is 0 Å². The Balaban J connectivity index is 2.35. The zero-order valence-electron chi connectivity index (χ0n) is 13.9. The van der Waals surface area contributed by atoms with Crippen LogP contribution < -0.4 is 5.43 Å². The summed E-state index contributed by atoms with van der Waals surface area (Å²) in [5.74, 6) is -0.742. The monoisotopic (exact) mass is 356 g/mol. The summed E-state index contributed by atoms with van der Waals surface area (Å²) >= 11 is 0. The molecule has 2 rings (SSSR count). The molecule has 2 aromatic rings. The summed E-state index contributed by atoms with van der Waals surface area (Å²) in [5.41, 5.74) is -0.299. The van der Waals surface area contributed by atoms with Gasteiger partial charge in [0.25, 0.3) is 0 Å². The molecule has 0 unspecified atom stereocenters. The van der Waals surface area contributed by atoms with Crippen molar-refractivity contribution >= 4 is 26.9 Å². The van der Waals surface area contributed by atoms with Gasteiger partial charge in [-0.15, -0.1) is 0 Å². The van der Waals surface area contributed by atoms with Gasteiger partial charge in [0, 0.05) is 11.1 Å². The molecule has 132 valence electrons. The zero-order chi connectivity index (χ0) is 17.9. The maximum absolute atomic E-state index is 13.5. The average Bonchev–Trinajstić information content (AvgIpc) is 2.46. The second kappa shape index (κ2) is 7.31. The standard InChI is InChI=1S/C16H21FN2O4S/c1-24(2,3)7-6-23-10-19-14-8-11(17)4-5-12(14)16(22)13(18-19)9-15(20)21/h4-5,8H,6-7,9-10H2,1-3H3,(H,20,21). The first-order chi connectivity index (χ1) is 11.2. The third-order valence-corrected chi connectivity index (χ3v) is 4.75. The summed E-state index contributed by atoms with van der Waals surface area (Å²) in [6.07, 6.45) is 6.02. The molecule has 0 radical (unpaired) electrons. The second-order valence-electron chi connectivity index (χ2n) is 6.34. The average molecular weight is 356 g/mol. The molecule has 0 aliphatic rings. The molecular formula is C16H21FN2O4S. The van der Waals surface area contributed by atoms with Gasteiger partial charge >= 0.3 is 5.97 Å². The van der Waals surface area contributed by atoms with Gasteiger partial charge in [-0.1, -0.05) is 0 Å². The Kier molecular flexibility index (Phi) is 5.61. The van der Waals surface area contributed by atoms with Crippen LogP contribution in [0.25, 0.3) is 10.9 Å². The van der Waals surface area contributed by atoms with E-state index >= 15 is 0 Å². The lowest BCUT2D eigenvalue weighted by Gasteiger charge is -2.24. The lowest BCUT2D eigenvalue weighted by atomic mass is 10.1. The van der Waals surface area contributed by atoms with E-state index in [1.807, 2.05) is 0 Å². The molecule has 0 saturated heterocycles. The van der Waals surface area contributed by atoms with E-state index < -0.39 is 33.7 Å². The fourth-order valence-electron chi connectivity index (χ4n) is 2.13. The van der Waals surface area contributed by atoms with E-state index in [0.717, 1.165) is 5.75 Å². The quantitative estimate of drug-likeness (QED) is 0.766. The van der Waals surface area contributed by atoms with E-state index in [1.54, 1.807) is 0 Å². The molecule has 0 amide bonds. The summed E-state index contributed by atoms with van der Waals surface area (Å²) in [6.45, 7) is 0.542. The summed E-state index contributed by atoms with van der Waals surface area (Å²) in [5, 5.41) is 13.2. The summed E-state index contributed by atoms with van der Waals surface area (Å²) in [6, 6.07) is 3.71. The van der Waals surface area contributed by atoms with Crippen molar-refractivity contribution in [3.8, 4) is 0 Å². The van der Waals surface area contributed by atoms with Crippen LogP contribution in [0.1, 0.15) is 5.69 Å². The molecule has 1 aromatic carbocycles. The van der Waals surface area contributed by atoms with Crippen molar-refractivity contribution in [2.45, 2.75) is 13.2 Å². The zero-order valence-corrected chi connectivity index (χ0v) is 14.7. The molecule has 8 heteroatoms. The number of fused-ring (bicyclic) bond motifs is 1. The van der Waals surface area contributed by atoms with Crippen molar-refractivity contribution in [1.29, 1.82) is 0 Å². The number of aromatic nitrogens is 2. The summed E-state index contributed by atoms with van der Waals surface area (Å²) in [7, 11) is -0.701. The van der Waals surface area contributed by atoms with Crippen LogP contribution >= 0.6 is 10.0 Å². The molecule has 0 aliphatic carbocycles. The molecule has 1 heterocycles. The number of ether oxygens (including phenoxy) is 1. The number of carboxylic acid groups (broad SMARTS) is 1. The van der Waals surface area contributed by atoms with E-state index in [0.29, 0.717) is 6.61 Å². The van der Waals surface area contributed by atoms with Gasteiger partial charge in [0.05, 0.1) is 18.5 Å². The number of rotatable bonds is 7. The molecule has 1 N–H and O–H groups in total. The highest BCUT2D eigenvalue weighted by Crippen LogP contribution is 2.33. The normalized spacial score (nSPS) is 12.5. The van der Waals surface area contributed by atoms with Crippen LogP contribution in [0.2, 0.25) is 0 Å². The van der Waals surface area contributed by atoms with E-state index in [-0.39, 0.29) is 23.3 Å². The van der Waals surface area contributed by atoms with Gasteiger partial charge < -0.3 is 9.84 Å². The Morgan fingerprint density at radius 2 is 2.08 bits per heavy atom. The van der Waals surface area contributed by atoms with Crippen LogP contribution in [0.4, 0.5) is 4.39 Å². The number of halogens is 1. The molecule has 6 nitrogen and oxygen atoms in total. The van der Waals surface area contributed by atoms with Crippen molar-refractivity contribution in [3.63, 3.8) is 0 Å². The smallest absolute Gasteiger partial charge is 0.309 e. The van der Waals surface area contributed by atoms with Crippen molar-refractivity contribution in [1.82, 2.24) is 9.78 Å². The van der Waals surface area contributed by atoms with Crippen LogP contribution in [-0.4, -0.2) is 52.0 Å². The third-order valence-electron chi connectivity index (χ3n) is 3.36. The van der Waals surface area contributed by atoms with E-state index in [4.69, 9.17) is 9.84 Å². The minimum Gasteiger partial charge on any atom is -0.481 e. The van der Waals surface area contributed by atoms with Crippen LogP contribution in [0, 0.1) is 5.82 Å². The first-order valence-electron chi connectivity index (χ1n) is 7.32. The van der Waals surface area contributed by atoms with E-state index in [1.165, 1.54) is 22.9 Å². The summed E-state index contributed by atoms with van der Waals surface area (Å²) in [4.78, 5) is 23.2. The molecule has 0 fully saturated rings. The fraction of sp³-hybridized carbons (Fsp3) is 0.438. The Hall–Kier alpha value is -1.93. The Morgan fingerprint density at radius 1 is 1.38 bits per heavy atom. The Labute approximate surface area is 140 Å². The Morgan fingerprint density at radius 3 is 2.71 bits per heavy atom. The highest BCUT2D eigenvalue weighted by Gasteiger charge is 2.14. The number of hydrogen-bond donors (Lipinski definition) is 1. The lowest BCUT2D eigenvalue weighted by molar-refractivity contribution is -0.136. The molecule has 0 aliphatic heterocycles. The van der Waals surface area contributed by atoms with Crippen molar-refractivity contribution in [3.05, 3.63) is 39.9 Å². The topological polar surface area (TPSA) is 81.4 Å². The van der Waals surface area contributed by atoms with Crippen LogP contribution in [0.15, 0.2) is 23.0 Å². The van der Waals surface area contributed by atoms with Gasteiger partial charge in [-0.05, 0) is 37.0 Å². The van der Waals surface area contributed by atoms with Crippen molar-refractivity contribution in [2.75, 3.05) is 31.1 Å². The van der Waals surface area contributed by atoms with Crippen molar-refractivity contribution < 1.29 is 19.0 Å². The minimum absolute atomic E-state index is 0.0301. The molecule has 0 saturated carbocycles. The van der Waals surface area contributed by atoms with Crippen LogP contribution in [-0.2, 0) is 22.7 Å². The highest BCUT2D eigenvalue weighted by molar-refractivity contribution is 8.32. The predicted octanol–water partition coefficient (Wildman–Crippen LogP) is 1.83. The van der Waals surface area contributed by atoms with Crippen molar-refractivity contribution in [2.24, 2.45) is 0 Å². The Bertz CT molecular complexity index is 814. The fourth-order valence-corrected chi connectivity index (χ4v) is 2.75. The molecule has 1 aromatic heterocycles. The van der Waals surface area contributed by atoms with E-state index in [9.17, 15) is 14.0 Å². The van der Waals surface area contributed by atoms with Gasteiger partial charge in [-0.2, -0.15) is 5.10 Å². The van der Waals surface area contributed by atoms with Gasteiger partial charge in [-0.3, -0.25) is 9.59 Å². The first kappa shape index (κ1) is 18.4. The lowest BCUT2D eigenvalue weighted by Crippen LogP contribution is -2.23. The molecule has 24 heavy (non-hydrogen) atoms. The molecule has 0 atom stereocenters. The molecule has 0 spiro atoms. The number of nitrogens with zero attached hydrogens (tertiary/aromatic N) is 2. The molecular weight excluding hydrogens is 335 g/mol. The first-order valence-corrected chi connectivity index (χ1v) is 10.3. The number of benzene rings is 1. The van der Waals surface area contributed by atoms with Gasteiger partial charge in [0.1, 0.15) is 18.2 Å². The summed E-state index contributed by atoms with van der Waals surface area (Å²) < 4.78 is 20.5. The number of aliphatic carboxylic acids is 1. The third kappa shape index (κ3) is 4.78. The SMILES string of the molecule is CS(C)(C)CCOCn1nc(CC(=O)O)c(=O)c2ccc(F)cc21.